The molecule has 1 aromatic heterocycles. The lowest BCUT2D eigenvalue weighted by molar-refractivity contribution is 0.262. The fraction of sp³-hybridized carbons (Fsp3) is 0.0526. The minimum absolute atomic E-state index is 0.257. The predicted octanol–water partition coefficient (Wildman–Crippen LogP) is 5.40. The summed E-state index contributed by atoms with van der Waals surface area (Å²) in [4.78, 5) is 16.8. The van der Waals surface area contributed by atoms with Crippen LogP contribution < -0.4 is 10.6 Å². The van der Waals surface area contributed by atoms with Crippen molar-refractivity contribution in [2.24, 2.45) is 0 Å². The van der Waals surface area contributed by atoms with Gasteiger partial charge in [0.25, 0.3) is 0 Å². The second kappa shape index (κ2) is 5.94. The molecule has 118 valence electrons. The Bertz CT molecular complexity index is 1050. The second-order valence-corrected chi connectivity index (χ2v) is 6.76. The monoisotopic (exact) mass is 333 g/mol. The minimum Gasteiger partial charge on any atom is -0.308 e. The molecular formula is C19H15N3OS. The van der Waals surface area contributed by atoms with Crippen molar-refractivity contribution >= 4 is 49.7 Å². The fourth-order valence-electron chi connectivity index (χ4n) is 2.74. The molecule has 0 aliphatic heterocycles. The van der Waals surface area contributed by atoms with Gasteiger partial charge in [-0.3, -0.25) is 0 Å². The number of hydrogen-bond acceptors (Lipinski definition) is 3. The maximum atomic E-state index is 12.3. The zero-order valence-corrected chi connectivity index (χ0v) is 13.9. The van der Waals surface area contributed by atoms with Gasteiger partial charge in [-0.1, -0.05) is 36.4 Å². The van der Waals surface area contributed by atoms with Gasteiger partial charge in [0.2, 0.25) is 0 Å². The van der Waals surface area contributed by atoms with E-state index in [1.807, 2.05) is 67.6 Å². The van der Waals surface area contributed by atoms with Crippen molar-refractivity contribution in [2.75, 3.05) is 10.6 Å². The van der Waals surface area contributed by atoms with Gasteiger partial charge in [-0.05, 0) is 36.6 Å². The van der Waals surface area contributed by atoms with Gasteiger partial charge in [-0.25, -0.2) is 9.78 Å². The van der Waals surface area contributed by atoms with E-state index in [1.165, 1.54) is 0 Å². The number of carbonyl (C=O) groups excluding carboxylic acids is 1. The summed E-state index contributed by atoms with van der Waals surface area (Å²) in [6.07, 6.45) is 0. The first-order chi connectivity index (χ1) is 11.7. The Morgan fingerprint density at radius 1 is 1.00 bits per heavy atom. The molecule has 0 saturated carbocycles. The number of thiazole rings is 1. The van der Waals surface area contributed by atoms with Crippen LogP contribution in [0.4, 0.5) is 16.2 Å². The van der Waals surface area contributed by atoms with Crippen LogP contribution in [-0.4, -0.2) is 11.0 Å². The van der Waals surface area contributed by atoms with Crippen molar-refractivity contribution < 1.29 is 4.79 Å². The zero-order chi connectivity index (χ0) is 16.5. The Labute approximate surface area is 143 Å². The standard InChI is InChI=1S/C19H15N3OS/c1-12-20-17-10-9-14(11-18(17)24-12)21-19(23)22-16-8-4-6-13-5-2-3-7-15(13)16/h2-11H,1H3,(H2,21,22,23). The van der Waals surface area contributed by atoms with Crippen molar-refractivity contribution in [3.8, 4) is 0 Å². The van der Waals surface area contributed by atoms with Gasteiger partial charge in [-0.15, -0.1) is 11.3 Å². The molecular weight excluding hydrogens is 318 g/mol. The first-order valence-electron chi connectivity index (χ1n) is 7.62. The van der Waals surface area contributed by atoms with Gasteiger partial charge in [-0.2, -0.15) is 0 Å². The van der Waals surface area contributed by atoms with E-state index in [0.29, 0.717) is 0 Å². The molecule has 3 aromatic carbocycles. The molecule has 5 heteroatoms. The van der Waals surface area contributed by atoms with Crippen molar-refractivity contribution in [2.45, 2.75) is 6.92 Å². The second-order valence-electron chi connectivity index (χ2n) is 5.52. The summed E-state index contributed by atoms with van der Waals surface area (Å²) in [5.41, 5.74) is 2.50. The van der Waals surface area contributed by atoms with E-state index in [9.17, 15) is 4.79 Å². The number of amides is 2. The number of aryl methyl sites for hydroxylation is 1. The third kappa shape index (κ3) is 2.81. The minimum atomic E-state index is -0.257. The molecule has 1 heterocycles. The van der Waals surface area contributed by atoms with Crippen LogP contribution in [-0.2, 0) is 0 Å². The highest BCUT2D eigenvalue weighted by Gasteiger charge is 2.07. The van der Waals surface area contributed by atoms with Gasteiger partial charge >= 0.3 is 6.03 Å². The molecule has 2 N–H and O–H groups in total. The molecule has 4 rings (SSSR count). The van der Waals surface area contributed by atoms with E-state index in [0.717, 1.165) is 37.4 Å². The molecule has 0 aliphatic carbocycles. The summed E-state index contributed by atoms with van der Waals surface area (Å²) in [6.45, 7) is 1.98. The molecule has 4 nitrogen and oxygen atoms in total. The largest absolute Gasteiger partial charge is 0.323 e. The topological polar surface area (TPSA) is 54.0 Å². The molecule has 0 fully saturated rings. The summed E-state index contributed by atoms with van der Waals surface area (Å²) in [6, 6.07) is 19.3. The Kier molecular flexibility index (Phi) is 3.63. The molecule has 2 amide bonds. The predicted molar refractivity (Wildman–Crippen MR) is 101 cm³/mol. The Balaban J connectivity index is 1.56. The lowest BCUT2D eigenvalue weighted by atomic mass is 10.1. The number of benzene rings is 3. The first-order valence-corrected chi connectivity index (χ1v) is 8.44. The number of nitrogens with one attached hydrogen (secondary N) is 2. The number of anilines is 2. The SMILES string of the molecule is Cc1nc2ccc(NC(=O)Nc3cccc4ccccc34)cc2s1. The van der Waals surface area contributed by atoms with Gasteiger partial charge < -0.3 is 10.6 Å². The lowest BCUT2D eigenvalue weighted by Crippen LogP contribution is -2.19. The van der Waals surface area contributed by atoms with Crippen LogP contribution in [0, 0.1) is 6.92 Å². The highest BCUT2D eigenvalue weighted by Crippen LogP contribution is 2.26. The number of fused-ring (bicyclic) bond motifs is 2. The number of urea groups is 1. The Hall–Kier alpha value is -2.92. The molecule has 0 atom stereocenters. The molecule has 0 aliphatic rings. The van der Waals surface area contributed by atoms with Crippen LogP contribution in [0.2, 0.25) is 0 Å². The smallest absolute Gasteiger partial charge is 0.308 e. The van der Waals surface area contributed by atoms with E-state index in [-0.39, 0.29) is 6.03 Å². The van der Waals surface area contributed by atoms with Crippen LogP contribution in [0.3, 0.4) is 0 Å². The molecule has 4 aromatic rings. The summed E-state index contributed by atoms with van der Waals surface area (Å²) in [7, 11) is 0. The van der Waals surface area contributed by atoms with E-state index < -0.39 is 0 Å². The van der Waals surface area contributed by atoms with Gasteiger partial charge in [0, 0.05) is 11.1 Å². The molecule has 0 unspecified atom stereocenters. The third-order valence-corrected chi connectivity index (χ3v) is 4.72. The lowest BCUT2D eigenvalue weighted by Gasteiger charge is -2.10. The maximum Gasteiger partial charge on any atom is 0.323 e. The number of aromatic nitrogens is 1. The Morgan fingerprint density at radius 2 is 1.83 bits per heavy atom. The molecule has 24 heavy (non-hydrogen) atoms. The van der Waals surface area contributed by atoms with Gasteiger partial charge in [0.15, 0.2) is 0 Å². The number of nitrogens with zero attached hydrogens (tertiary/aromatic N) is 1. The zero-order valence-electron chi connectivity index (χ0n) is 13.0. The normalized spacial score (nSPS) is 10.9. The average molecular weight is 333 g/mol. The molecule has 0 bridgehead atoms. The van der Waals surface area contributed by atoms with Crippen LogP contribution >= 0.6 is 11.3 Å². The van der Waals surface area contributed by atoms with Crippen molar-refractivity contribution in [1.82, 2.24) is 4.98 Å². The fourth-order valence-corrected chi connectivity index (χ4v) is 3.60. The highest BCUT2D eigenvalue weighted by molar-refractivity contribution is 7.18. The summed E-state index contributed by atoms with van der Waals surface area (Å²) >= 11 is 1.62. The average Bonchev–Trinajstić information content (AvgIpc) is 2.94. The van der Waals surface area contributed by atoms with E-state index in [2.05, 4.69) is 15.6 Å². The van der Waals surface area contributed by atoms with E-state index in [4.69, 9.17) is 0 Å². The van der Waals surface area contributed by atoms with Crippen molar-refractivity contribution in [3.05, 3.63) is 65.7 Å². The molecule has 0 spiro atoms. The summed E-state index contributed by atoms with van der Waals surface area (Å²) < 4.78 is 1.07. The van der Waals surface area contributed by atoms with Crippen molar-refractivity contribution in [3.63, 3.8) is 0 Å². The van der Waals surface area contributed by atoms with E-state index in [1.54, 1.807) is 11.3 Å². The number of carbonyl (C=O) groups is 1. The Morgan fingerprint density at radius 3 is 2.75 bits per heavy atom. The van der Waals surface area contributed by atoms with Crippen LogP contribution in [0.1, 0.15) is 5.01 Å². The number of rotatable bonds is 2. The van der Waals surface area contributed by atoms with Crippen LogP contribution in [0.25, 0.3) is 21.0 Å². The van der Waals surface area contributed by atoms with Crippen LogP contribution in [0.5, 0.6) is 0 Å². The van der Waals surface area contributed by atoms with Crippen molar-refractivity contribution in [1.29, 1.82) is 0 Å². The van der Waals surface area contributed by atoms with Crippen LogP contribution in [0.15, 0.2) is 60.7 Å². The third-order valence-electron chi connectivity index (χ3n) is 3.79. The van der Waals surface area contributed by atoms with Gasteiger partial charge in [0.1, 0.15) is 0 Å². The van der Waals surface area contributed by atoms with E-state index >= 15 is 0 Å². The molecule has 0 radical (unpaired) electrons. The summed E-state index contributed by atoms with van der Waals surface area (Å²) in [5.74, 6) is 0. The quantitative estimate of drug-likeness (QED) is 0.516. The summed E-state index contributed by atoms with van der Waals surface area (Å²) in [5, 5.41) is 8.94. The molecule has 0 saturated heterocycles. The number of hydrogen-bond donors (Lipinski definition) is 2. The first kappa shape index (κ1) is 14.7. The van der Waals surface area contributed by atoms with Gasteiger partial charge in [0.05, 0.1) is 20.9 Å². The maximum absolute atomic E-state index is 12.3. The highest BCUT2D eigenvalue weighted by atomic mass is 32.1.